The number of amides is 2. The fraction of sp³-hybridized carbons (Fsp3) is 0.417. The highest BCUT2D eigenvalue weighted by Gasteiger charge is 2.29. The van der Waals surface area contributed by atoms with Crippen LogP contribution in [0.15, 0.2) is 48.5 Å². The third-order valence-electron chi connectivity index (χ3n) is 5.04. The maximum Gasteiger partial charge on any atom is 0.243 e. The van der Waals surface area contributed by atoms with E-state index in [0.29, 0.717) is 17.2 Å². The Hall–Kier alpha value is -2.05. The molecule has 2 aromatic rings. The van der Waals surface area contributed by atoms with Crippen LogP contribution in [-0.4, -0.2) is 34.6 Å². The zero-order chi connectivity index (χ0) is 22.8. The minimum absolute atomic E-state index is 0.0292. The molecule has 0 aliphatic heterocycles. The van der Waals surface area contributed by atoms with E-state index >= 15 is 0 Å². The molecular formula is C24H30ClFN2O2S. The lowest BCUT2D eigenvalue weighted by atomic mass is 10.1. The summed E-state index contributed by atoms with van der Waals surface area (Å²) in [5.41, 5.74) is 1.82. The summed E-state index contributed by atoms with van der Waals surface area (Å²) >= 11 is 7.51. The molecule has 0 bridgehead atoms. The van der Waals surface area contributed by atoms with Gasteiger partial charge in [0.15, 0.2) is 0 Å². The Balaban J connectivity index is 2.13. The molecule has 1 N–H and O–H groups in total. The van der Waals surface area contributed by atoms with Gasteiger partial charge in [0.1, 0.15) is 11.9 Å². The second-order valence-electron chi connectivity index (χ2n) is 7.51. The van der Waals surface area contributed by atoms with Gasteiger partial charge in [-0.1, -0.05) is 49.7 Å². The molecule has 31 heavy (non-hydrogen) atoms. The minimum atomic E-state index is -0.585. The molecule has 2 aromatic carbocycles. The van der Waals surface area contributed by atoms with Gasteiger partial charge < -0.3 is 10.2 Å². The van der Waals surface area contributed by atoms with Crippen LogP contribution in [0.2, 0.25) is 5.02 Å². The van der Waals surface area contributed by atoms with Crippen molar-refractivity contribution in [1.29, 1.82) is 0 Å². The van der Waals surface area contributed by atoms with Gasteiger partial charge in [-0.25, -0.2) is 4.39 Å². The first kappa shape index (κ1) is 25.2. The summed E-state index contributed by atoms with van der Waals surface area (Å²) in [5.74, 6) is 0.266. The maximum atomic E-state index is 13.3. The molecule has 2 amide bonds. The van der Waals surface area contributed by atoms with Crippen LogP contribution in [-0.2, 0) is 21.9 Å². The van der Waals surface area contributed by atoms with Gasteiger partial charge in [-0.05, 0) is 55.2 Å². The summed E-state index contributed by atoms with van der Waals surface area (Å²) in [6, 6.07) is 13.0. The van der Waals surface area contributed by atoms with Gasteiger partial charge in [0.05, 0.1) is 5.75 Å². The summed E-state index contributed by atoms with van der Waals surface area (Å²) < 4.78 is 13.3. The molecule has 0 saturated carbocycles. The highest BCUT2D eigenvalue weighted by atomic mass is 35.5. The molecule has 4 nitrogen and oxygen atoms in total. The summed E-state index contributed by atoms with van der Waals surface area (Å²) in [6.07, 6.45) is 1.30. The molecule has 0 fully saturated rings. The number of benzene rings is 2. The number of thioether (sulfide) groups is 1. The molecule has 2 atom stereocenters. The molecule has 0 aromatic heterocycles. The van der Waals surface area contributed by atoms with Gasteiger partial charge >= 0.3 is 0 Å². The van der Waals surface area contributed by atoms with E-state index in [-0.39, 0.29) is 36.0 Å². The van der Waals surface area contributed by atoms with E-state index in [9.17, 15) is 14.0 Å². The fourth-order valence-electron chi connectivity index (χ4n) is 3.11. The molecule has 7 heteroatoms. The molecule has 0 radical (unpaired) electrons. The Kier molecular flexibility index (Phi) is 10.3. The van der Waals surface area contributed by atoms with Crippen molar-refractivity contribution < 1.29 is 14.0 Å². The summed E-state index contributed by atoms with van der Waals surface area (Å²) in [7, 11) is 0. The van der Waals surface area contributed by atoms with Crippen LogP contribution < -0.4 is 5.32 Å². The Labute approximate surface area is 193 Å². The van der Waals surface area contributed by atoms with Crippen LogP contribution in [0.3, 0.4) is 0 Å². The summed E-state index contributed by atoms with van der Waals surface area (Å²) in [5, 5.41) is 3.65. The quantitative estimate of drug-likeness (QED) is 0.482. The van der Waals surface area contributed by atoms with Crippen LogP contribution in [0.5, 0.6) is 0 Å². The highest BCUT2D eigenvalue weighted by molar-refractivity contribution is 7.99. The number of halogens is 2. The van der Waals surface area contributed by atoms with E-state index in [1.165, 1.54) is 23.9 Å². The minimum Gasteiger partial charge on any atom is -0.352 e. The molecule has 0 unspecified atom stereocenters. The van der Waals surface area contributed by atoms with Crippen LogP contribution in [0, 0.1) is 5.82 Å². The van der Waals surface area contributed by atoms with Crippen molar-refractivity contribution in [3.63, 3.8) is 0 Å². The van der Waals surface area contributed by atoms with E-state index in [4.69, 9.17) is 11.6 Å². The number of hydrogen-bond acceptors (Lipinski definition) is 3. The van der Waals surface area contributed by atoms with Crippen LogP contribution in [0.25, 0.3) is 0 Å². The van der Waals surface area contributed by atoms with Crippen molar-refractivity contribution >= 4 is 35.2 Å². The normalized spacial score (nSPS) is 12.8. The average Bonchev–Trinajstić information content (AvgIpc) is 2.74. The smallest absolute Gasteiger partial charge is 0.243 e. The number of rotatable bonds is 11. The Morgan fingerprint density at radius 1 is 1.10 bits per heavy atom. The molecule has 168 valence electrons. The Morgan fingerprint density at radius 2 is 1.81 bits per heavy atom. The third-order valence-corrected chi connectivity index (χ3v) is 6.26. The van der Waals surface area contributed by atoms with Gasteiger partial charge in [0, 0.05) is 23.4 Å². The fourth-order valence-corrected chi connectivity index (χ4v) is 4.18. The number of carbonyl (C=O) groups excluding carboxylic acids is 2. The lowest BCUT2D eigenvalue weighted by Gasteiger charge is -2.31. The SMILES string of the molecule is CC[C@H](C)NC(=O)[C@H](CC)N(Cc1ccc(F)cc1)C(=O)CSCc1cccc(Cl)c1. The second kappa shape index (κ2) is 12.7. The molecule has 0 heterocycles. The van der Waals surface area contributed by atoms with Crippen molar-refractivity contribution in [2.24, 2.45) is 0 Å². The largest absolute Gasteiger partial charge is 0.352 e. The predicted molar refractivity (Wildman–Crippen MR) is 127 cm³/mol. The van der Waals surface area contributed by atoms with E-state index in [2.05, 4.69) is 5.32 Å². The lowest BCUT2D eigenvalue weighted by molar-refractivity contribution is -0.139. The lowest BCUT2D eigenvalue weighted by Crippen LogP contribution is -2.51. The van der Waals surface area contributed by atoms with E-state index < -0.39 is 6.04 Å². The maximum absolute atomic E-state index is 13.3. The molecule has 0 spiro atoms. The molecule has 0 aliphatic carbocycles. The number of carbonyl (C=O) groups is 2. The van der Waals surface area contributed by atoms with E-state index in [1.54, 1.807) is 17.0 Å². The average molecular weight is 465 g/mol. The van der Waals surface area contributed by atoms with Gasteiger partial charge in [-0.3, -0.25) is 9.59 Å². The van der Waals surface area contributed by atoms with Crippen LogP contribution in [0.1, 0.15) is 44.7 Å². The Morgan fingerprint density at radius 3 is 2.42 bits per heavy atom. The van der Waals surface area contributed by atoms with Gasteiger partial charge in [-0.15, -0.1) is 11.8 Å². The van der Waals surface area contributed by atoms with Crippen molar-refractivity contribution in [2.75, 3.05) is 5.75 Å². The van der Waals surface area contributed by atoms with E-state index in [0.717, 1.165) is 17.5 Å². The van der Waals surface area contributed by atoms with Crippen LogP contribution in [0.4, 0.5) is 4.39 Å². The zero-order valence-electron chi connectivity index (χ0n) is 18.2. The highest BCUT2D eigenvalue weighted by Crippen LogP contribution is 2.19. The predicted octanol–water partition coefficient (Wildman–Crippen LogP) is 5.43. The first-order valence-corrected chi connectivity index (χ1v) is 12.0. The van der Waals surface area contributed by atoms with Gasteiger partial charge in [0.2, 0.25) is 11.8 Å². The monoisotopic (exact) mass is 464 g/mol. The van der Waals surface area contributed by atoms with Crippen molar-refractivity contribution in [3.05, 3.63) is 70.5 Å². The zero-order valence-corrected chi connectivity index (χ0v) is 19.8. The first-order valence-electron chi connectivity index (χ1n) is 10.5. The third kappa shape index (κ3) is 8.19. The molecule has 0 aliphatic rings. The summed E-state index contributed by atoms with van der Waals surface area (Å²) in [6.45, 7) is 6.09. The van der Waals surface area contributed by atoms with Gasteiger partial charge in [0.25, 0.3) is 0 Å². The number of nitrogens with zero attached hydrogens (tertiary/aromatic N) is 1. The van der Waals surface area contributed by atoms with Gasteiger partial charge in [-0.2, -0.15) is 0 Å². The van der Waals surface area contributed by atoms with Crippen LogP contribution >= 0.6 is 23.4 Å². The number of nitrogens with one attached hydrogen (secondary N) is 1. The Bertz CT molecular complexity index is 863. The van der Waals surface area contributed by atoms with Crippen molar-refractivity contribution in [2.45, 2.75) is 58.0 Å². The van der Waals surface area contributed by atoms with Crippen molar-refractivity contribution in [1.82, 2.24) is 10.2 Å². The second-order valence-corrected chi connectivity index (χ2v) is 8.93. The molecule has 0 saturated heterocycles. The molecule has 2 rings (SSSR count). The number of hydrogen-bond donors (Lipinski definition) is 1. The molecular weight excluding hydrogens is 435 g/mol. The van der Waals surface area contributed by atoms with E-state index in [1.807, 2.05) is 45.0 Å². The first-order chi connectivity index (χ1) is 14.8. The topological polar surface area (TPSA) is 49.4 Å². The van der Waals surface area contributed by atoms with Crippen molar-refractivity contribution in [3.8, 4) is 0 Å². The standard InChI is InChI=1S/C24H30ClFN2O2S/c1-4-17(3)27-24(30)22(5-2)28(14-18-9-11-21(26)12-10-18)23(29)16-31-15-19-7-6-8-20(25)13-19/h6-13,17,22H,4-5,14-16H2,1-3H3,(H,27,30)/t17-,22-/m0/s1. The summed E-state index contributed by atoms with van der Waals surface area (Å²) in [4.78, 5) is 27.6.